The predicted molar refractivity (Wildman–Crippen MR) is 83.2 cm³/mol. The van der Waals surface area contributed by atoms with Crippen LogP contribution in [0.4, 0.5) is 0 Å². The molecule has 12 atom stereocenters. The normalized spacial score (nSPS) is 51.9. The predicted octanol–water partition coefficient (Wildman–Crippen LogP) is -5.66. The summed E-state index contributed by atoms with van der Waals surface area (Å²) in [6.45, 7) is -1.77. The first-order chi connectivity index (χ1) is 13.3. The van der Waals surface area contributed by atoms with Crippen molar-refractivity contribution in [3.8, 4) is 0 Å². The van der Waals surface area contributed by atoms with Crippen LogP contribution in [0.5, 0.6) is 0 Å². The Bertz CT molecular complexity index is 508. The first kappa shape index (κ1) is 22.2. The standard InChI is InChI=1S/C15H26O13/c16-1-4-7(19)9(21)14(25-4)28-12-8(20)5(2-17)26-15(12)27-11-6(3-18)24-13(23)10(11)22/h4-23H,1-3H2/t4-,5-,6-,7-,8-,9-,10-,11-,12-,13?,14-,15-/m1/s1. The van der Waals surface area contributed by atoms with Gasteiger partial charge in [-0.15, -0.1) is 0 Å². The Balaban J connectivity index is 1.72. The maximum Gasteiger partial charge on any atom is 0.187 e. The van der Waals surface area contributed by atoms with Gasteiger partial charge in [-0.2, -0.15) is 0 Å². The second-order valence-corrected chi connectivity index (χ2v) is 6.86. The van der Waals surface area contributed by atoms with E-state index < -0.39 is 93.6 Å². The number of hydrogen-bond donors (Lipinski definition) is 8. The molecular weight excluding hydrogens is 388 g/mol. The summed E-state index contributed by atoms with van der Waals surface area (Å²) in [6, 6.07) is 0. The Morgan fingerprint density at radius 2 is 1.07 bits per heavy atom. The van der Waals surface area contributed by atoms with Crippen molar-refractivity contribution >= 4 is 0 Å². The van der Waals surface area contributed by atoms with Crippen LogP contribution in [0.15, 0.2) is 0 Å². The van der Waals surface area contributed by atoms with Crippen LogP contribution in [0.25, 0.3) is 0 Å². The van der Waals surface area contributed by atoms with E-state index >= 15 is 0 Å². The van der Waals surface area contributed by atoms with Gasteiger partial charge in [0.2, 0.25) is 0 Å². The van der Waals surface area contributed by atoms with Gasteiger partial charge >= 0.3 is 0 Å². The molecule has 0 saturated carbocycles. The van der Waals surface area contributed by atoms with Gasteiger partial charge < -0.3 is 64.5 Å². The van der Waals surface area contributed by atoms with E-state index in [1.807, 2.05) is 0 Å². The molecule has 0 bridgehead atoms. The largest absolute Gasteiger partial charge is 0.394 e. The molecule has 1 unspecified atom stereocenters. The fourth-order valence-electron chi connectivity index (χ4n) is 3.43. The summed E-state index contributed by atoms with van der Waals surface area (Å²) in [5, 5.41) is 77.5. The maximum absolute atomic E-state index is 10.3. The van der Waals surface area contributed by atoms with E-state index in [1.165, 1.54) is 0 Å². The fraction of sp³-hybridized carbons (Fsp3) is 1.00. The molecule has 0 aliphatic carbocycles. The lowest BCUT2D eigenvalue weighted by atomic mass is 10.1. The van der Waals surface area contributed by atoms with Crippen molar-refractivity contribution in [1.29, 1.82) is 0 Å². The van der Waals surface area contributed by atoms with Crippen LogP contribution < -0.4 is 0 Å². The van der Waals surface area contributed by atoms with Gasteiger partial charge in [-0.1, -0.05) is 0 Å². The quantitative estimate of drug-likeness (QED) is 0.196. The topological polar surface area (TPSA) is 208 Å². The van der Waals surface area contributed by atoms with Crippen LogP contribution in [-0.2, 0) is 23.7 Å². The first-order valence-electron chi connectivity index (χ1n) is 8.82. The van der Waals surface area contributed by atoms with Gasteiger partial charge in [0.05, 0.1) is 19.8 Å². The van der Waals surface area contributed by atoms with Gasteiger partial charge in [-0.05, 0) is 0 Å². The molecule has 28 heavy (non-hydrogen) atoms. The van der Waals surface area contributed by atoms with Crippen molar-refractivity contribution in [2.45, 2.75) is 73.8 Å². The average Bonchev–Trinajstić information content (AvgIpc) is 3.25. The van der Waals surface area contributed by atoms with Crippen molar-refractivity contribution < 1.29 is 64.5 Å². The van der Waals surface area contributed by atoms with Gasteiger partial charge in [0.1, 0.15) is 54.9 Å². The van der Waals surface area contributed by atoms with Crippen molar-refractivity contribution in [1.82, 2.24) is 0 Å². The molecule has 3 rings (SSSR count). The van der Waals surface area contributed by atoms with E-state index in [1.54, 1.807) is 0 Å². The Labute approximate surface area is 159 Å². The molecule has 0 aromatic rings. The highest BCUT2D eigenvalue weighted by Gasteiger charge is 2.53. The summed E-state index contributed by atoms with van der Waals surface area (Å²) < 4.78 is 26.5. The lowest BCUT2D eigenvalue weighted by molar-refractivity contribution is -0.263. The zero-order chi connectivity index (χ0) is 20.6. The smallest absolute Gasteiger partial charge is 0.187 e. The lowest BCUT2D eigenvalue weighted by Gasteiger charge is -2.29. The number of aliphatic hydroxyl groups is 8. The summed E-state index contributed by atoms with van der Waals surface area (Å²) in [5.74, 6) is 0. The van der Waals surface area contributed by atoms with Gasteiger partial charge in [0.25, 0.3) is 0 Å². The molecule has 13 nitrogen and oxygen atoms in total. The highest BCUT2D eigenvalue weighted by atomic mass is 16.8. The SMILES string of the molecule is OC[C@H]1O[C@H](O[C@H]2[C@@H](O[C@@H]3[C@@H](CO)OC(O)[C@@H]3O)O[C@H](CO)[C@H]2O)[C@H](O)[C@@H]1O. The van der Waals surface area contributed by atoms with Gasteiger partial charge in [0.15, 0.2) is 18.9 Å². The fourth-order valence-corrected chi connectivity index (χ4v) is 3.43. The van der Waals surface area contributed by atoms with Gasteiger partial charge in [0, 0.05) is 0 Å². The molecule has 3 aliphatic heterocycles. The maximum atomic E-state index is 10.3. The van der Waals surface area contributed by atoms with Crippen LogP contribution in [0, 0.1) is 0 Å². The minimum Gasteiger partial charge on any atom is -0.394 e. The molecule has 0 spiro atoms. The second-order valence-electron chi connectivity index (χ2n) is 6.86. The molecule has 3 heterocycles. The summed E-state index contributed by atoms with van der Waals surface area (Å²) >= 11 is 0. The third-order valence-electron chi connectivity index (χ3n) is 5.05. The third-order valence-corrected chi connectivity index (χ3v) is 5.05. The summed E-state index contributed by atoms with van der Waals surface area (Å²) in [6.07, 6.45) is -16.3. The van der Waals surface area contributed by atoms with Crippen LogP contribution in [0.2, 0.25) is 0 Å². The van der Waals surface area contributed by atoms with E-state index in [4.69, 9.17) is 28.8 Å². The molecule has 13 heteroatoms. The first-order valence-corrected chi connectivity index (χ1v) is 8.82. The van der Waals surface area contributed by atoms with E-state index in [9.17, 15) is 35.7 Å². The molecular formula is C15H26O13. The van der Waals surface area contributed by atoms with E-state index in [-0.39, 0.29) is 0 Å². The Morgan fingerprint density at radius 3 is 1.64 bits per heavy atom. The monoisotopic (exact) mass is 414 g/mol. The van der Waals surface area contributed by atoms with Crippen LogP contribution in [-0.4, -0.2) is 134 Å². The Morgan fingerprint density at radius 1 is 0.536 bits per heavy atom. The molecule has 3 saturated heterocycles. The van der Waals surface area contributed by atoms with Crippen molar-refractivity contribution in [3.05, 3.63) is 0 Å². The number of hydrogen-bond acceptors (Lipinski definition) is 13. The van der Waals surface area contributed by atoms with Crippen molar-refractivity contribution in [2.75, 3.05) is 19.8 Å². The third kappa shape index (κ3) is 4.04. The van der Waals surface area contributed by atoms with Crippen LogP contribution >= 0.6 is 0 Å². The van der Waals surface area contributed by atoms with E-state index in [2.05, 4.69) is 0 Å². The van der Waals surface area contributed by atoms with E-state index in [0.717, 1.165) is 0 Å². The summed E-state index contributed by atoms with van der Waals surface area (Å²) in [4.78, 5) is 0. The number of rotatable bonds is 7. The molecule has 3 fully saturated rings. The highest BCUT2D eigenvalue weighted by Crippen LogP contribution is 2.33. The second kappa shape index (κ2) is 9.09. The molecule has 3 aliphatic rings. The van der Waals surface area contributed by atoms with Crippen LogP contribution in [0.1, 0.15) is 0 Å². The Kier molecular flexibility index (Phi) is 7.20. The number of ether oxygens (including phenoxy) is 5. The molecule has 0 radical (unpaired) electrons. The molecule has 0 aromatic heterocycles. The molecule has 8 N–H and O–H groups in total. The highest BCUT2D eigenvalue weighted by molar-refractivity contribution is 4.94. The van der Waals surface area contributed by atoms with Crippen molar-refractivity contribution in [3.63, 3.8) is 0 Å². The lowest BCUT2D eigenvalue weighted by Crippen LogP contribution is -2.47. The number of aliphatic hydroxyl groups excluding tert-OH is 8. The molecule has 0 aromatic carbocycles. The van der Waals surface area contributed by atoms with Crippen LogP contribution in [0.3, 0.4) is 0 Å². The minimum atomic E-state index is -1.61. The zero-order valence-corrected chi connectivity index (χ0v) is 14.7. The average molecular weight is 414 g/mol. The minimum absolute atomic E-state index is 0.581. The summed E-state index contributed by atoms with van der Waals surface area (Å²) in [5.41, 5.74) is 0. The molecule has 0 amide bonds. The molecule has 164 valence electrons. The van der Waals surface area contributed by atoms with Crippen molar-refractivity contribution in [2.24, 2.45) is 0 Å². The van der Waals surface area contributed by atoms with E-state index in [0.29, 0.717) is 0 Å². The Hall–Kier alpha value is -0.520. The van der Waals surface area contributed by atoms with Gasteiger partial charge in [-0.3, -0.25) is 0 Å². The van der Waals surface area contributed by atoms with Gasteiger partial charge in [-0.25, -0.2) is 0 Å². The summed E-state index contributed by atoms with van der Waals surface area (Å²) in [7, 11) is 0. The zero-order valence-electron chi connectivity index (χ0n) is 14.7.